The number of morpholine rings is 1. The summed E-state index contributed by atoms with van der Waals surface area (Å²) in [6.45, 7) is 4.75. The van der Waals surface area contributed by atoms with E-state index in [9.17, 15) is 0 Å². The molecule has 5 heteroatoms. The molecule has 0 bridgehead atoms. The number of anilines is 1. The van der Waals surface area contributed by atoms with Gasteiger partial charge in [0.25, 0.3) is 0 Å². The summed E-state index contributed by atoms with van der Waals surface area (Å²) in [6.07, 6.45) is 1.04. The van der Waals surface area contributed by atoms with Gasteiger partial charge in [-0.1, -0.05) is 11.6 Å². The third kappa shape index (κ3) is 4.12. The Morgan fingerprint density at radius 2 is 2.44 bits per heavy atom. The van der Waals surface area contributed by atoms with E-state index >= 15 is 0 Å². The van der Waals surface area contributed by atoms with Crippen LogP contribution in [0.2, 0.25) is 5.02 Å². The number of halogens is 2. The molecule has 2 rings (SSSR count). The topological polar surface area (TPSA) is 33.3 Å². The summed E-state index contributed by atoms with van der Waals surface area (Å²) < 4.78 is 6.37. The summed E-state index contributed by atoms with van der Waals surface area (Å²) in [5, 5.41) is 7.67. The van der Waals surface area contributed by atoms with E-state index in [2.05, 4.69) is 33.5 Å². The molecular weight excluding hydrogens is 316 g/mol. The highest BCUT2D eigenvalue weighted by molar-refractivity contribution is 9.10. The quantitative estimate of drug-likeness (QED) is 0.887. The molecule has 0 radical (unpaired) electrons. The number of hydrogen-bond donors (Lipinski definition) is 2. The van der Waals surface area contributed by atoms with Gasteiger partial charge in [-0.3, -0.25) is 0 Å². The van der Waals surface area contributed by atoms with E-state index in [0.29, 0.717) is 12.1 Å². The molecule has 0 saturated carbocycles. The molecule has 1 aromatic carbocycles. The highest BCUT2D eigenvalue weighted by atomic mass is 79.9. The molecule has 1 saturated heterocycles. The van der Waals surface area contributed by atoms with Crippen molar-refractivity contribution in [3.05, 3.63) is 27.7 Å². The summed E-state index contributed by atoms with van der Waals surface area (Å²) in [6, 6.07) is 6.72. The van der Waals surface area contributed by atoms with Gasteiger partial charge < -0.3 is 15.4 Å². The fourth-order valence-corrected chi connectivity index (χ4v) is 2.62. The molecule has 1 aliphatic heterocycles. The molecule has 0 spiro atoms. The first kappa shape index (κ1) is 14.1. The van der Waals surface area contributed by atoms with Crippen molar-refractivity contribution in [2.75, 3.05) is 25.1 Å². The lowest BCUT2D eigenvalue weighted by Crippen LogP contribution is -2.43. The van der Waals surface area contributed by atoms with Crippen molar-refractivity contribution in [1.82, 2.24) is 5.32 Å². The minimum absolute atomic E-state index is 0.386. The lowest BCUT2D eigenvalue weighted by Gasteiger charge is -2.27. The smallest absolute Gasteiger partial charge is 0.0621 e. The van der Waals surface area contributed by atoms with Gasteiger partial charge in [0.05, 0.1) is 18.2 Å². The van der Waals surface area contributed by atoms with Crippen LogP contribution in [0.25, 0.3) is 0 Å². The summed E-state index contributed by atoms with van der Waals surface area (Å²) in [7, 11) is 0. The highest BCUT2D eigenvalue weighted by Crippen LogP contribution is 2.26. The van der Waals surface area contributed by atoms with Gasteiger partial charge in [0, 0.05) is 28.8 Å². The standard InChI is InChI=1S/C13H18BrClN2O/c1-9(6-11-8-18-5-4-16-11)17-10-2-3-13(15)12(14)7-10/h2-3,7,9,11,16-17H,4-6,8H2,1H3. The van der Waals surface area contributed by atoms with E-state index < -0.39 is 0 Å². The minimum Gasteiger partial charge on any atom is -0.382 e. The lowest BCUT2D eigenvalue weighted by atomic mass is 10.1. The molecule has 1 aliphatic rings. The third-order valence-electron chi connectivity index (χ3n) is 2.97. The third-order valence-corrected chi connectivity index (χ3v) is 4.18. The second kappa shape index (κ2) is 6.75. The van der Waals surface area contributed by atoms with Crippen LogP contribution in [-0.2, 0) is 4.74 Å². The van der Waals surface area contributed by atoms with Gasteiger partial charge in [0.2, 0.25) is 0 Å². The average Bonchev–Trinajstić information content (AvgIpc) is 2.35. The van der Waals surface area contributed by atoms with Gasteiger partial charge in [0.15, 0.2) is 0 Å². The van der Waals surface area contributed by atoms with Crippen molar-refractivity contribution < 1.29 is 4.74 Å². The number of ether oxygens (including phenoxy) is 1. The first-order valence-corrected chi connectivity index (χ1v) is 7.35. The number of rotatable bonds is 4. The molecule has 0 amide bonds. The molecule has 2 atom stereocenters. The lowest BCUT2D eigenvalue weighted by molar-refractivity contribution is 0.0731. The Kier molecular flexibility index (Phi) is 5.30. The zero-order valence-electron chi connectivity index (χ0n) is 10.4. The van der Waals surface area contributed by atoms with Crippen LogP contribution in [0.5, 0.6) is 0 Å². The molecule has 2 N–H and O–H groups in total. The molecule has 100 valence electrons. The minimum atomic E-state index is 0.386. The highest BCUT2D eigenvalue weighted by Gasteiger charge is 2.16. The summed E-state index contributed by atoms with van der Waals surface area (Å²) in [5.41, 5.74) is 1.08. The van der Waals surface area contributed by atoms with E-state index in [-0.39, 0.29) is 0 Å². The molecule has 3 nitrogen and oxygen atoms in total. The molecular formula is C13H18BrClN2O. The van der Waals surface area contributed by atoms with Crippen molar-refractivity contribution in [2.24, 2.45) is 0 Å². The molecule has 0 aliphatic carbocycles. The van der Waals surface area contributed by atoms with Crippen molar-refractivity contribution >= 4 is 33.2 Å². The van der Waals surface area contributed by atoms with Gasteiger partial charge in [0.1, 0.15) is 0 Å². The number of benzene rings is 1. The van der Waals surface area contributed by atoms with Crippen LogP contribution in [0.3, 0.4) is 0 Å². The van der Waals surface area contributed by atoms with Crippen LogP contribution in [0, 0.1) is 0 Å². The Morgan fingerprint density at radius 1 is 1.61 bits per heavy atom. The second-order valence-electron chi connectivity index (χ2n) is 4.64. The SMILES string of the molecule is CC(CC1COCCN1)Nc1ccc(Cl)c(Br)c1. The molecule has 18 heavy (non-hydrogen) atoms. The predicted molar refractivity (Wildman–Crippen MR) is 79.5 cm³/mol. The molecule has 1 fully saturated rings. The Morgan fingerprint density at radius 3 is 3.11 bits per heavy atom. The van der Waals surface area contributed by atoms with Crippen LogP contribution in [0.4, 0.5) is 5.69 Å². The first-order valence-electron chi connectivity index (χ1n) is 6.18. The number of nitrogens with one attached hydrogen (secondary N) is 2. The largest absolute Gasteiger partial charge is 0.382 e. The van der Waals surface area contributed by atoms with Crippen molar-refractivity contribution in [3.8, 4) is 0 Å². The summed E-state index contributed by atoms with van der Waals surface area (Å²) >= 11 is 9.40. The van der Waals surface area contributed by atoms with Crippen LogP contribution in [0.15, 0.2) is 22.7 Å². The van der Waals surface area contributed by atoms with E-state index in [0.717, 1.165) is 41.4 Å². The Labute approximate surface area is 121 Å². The monoisotopic (exact) mass is 332 g/mol. The van der Waals surface area contributed by atoms with Crippen molar-refractivity contribution in [2.45, 2.75) is 25.4 Å². The van der Waals surface area contributed by atoms with Gasteiger partial charge >= 0.3 is 0 Å². The molecule has 0 aromatic heterocycles. The van der Waals surface area contributed by atoms with E-state index in [1.165, 1.54) is 0 Å². The van der Waals surface area contributed by atoms with Crippen LogP contribution >= 0.6 is 27.5 Å². The summed E-state index contributed by atoms with van der Waals surface area (Å²) in [4.78, 5) is 0. The average molecular weight is 334 g/mol. The van der Waals surface area contributed by atoms with Gasteiger partial charge in [-0.25, -0.2) is 0 Å². The van der Waals surface area contributed by atoms with Gasteiger partial charge in [-0.05, 0) is 47.5 Å². The van der Waals surface area contributed by atoms with E-state index in [1.54, 1.807) is 0 Å². The van der Waals surface area contributed by atoms with Gasteiger partial charge in [-0.15, -0.1) is 0 Å². The van der Waals surface area contributed by atoms with E-state index in [1.807, 2.05) is 18.2 Å². The normalized spacial score (nSPS) is 21.6. The zero-order chi connectivity index (χ0) is 13.0. The second-order valence-corrected chi connectivity index (χ2v) is 5.90. The molecule has 1 aromatic rings. The fraction of sp³-hybridized carbons (Fsp3) is 0.538. The Hall–Kier alpha value is -0.290. The molecule has 1 heterocycles. The van der Waals surface area contributed by atoms with Gasteiger partial charge in [-0.2, -0.15) is 0 Å². The van der Waals surface area contributed by atoms with Crippen molar-refractivity contribution in [3.63, 3.8) is 0 Å². The first-order chi connectivity index (χ1) is 8.65. The van der Waals surface area contributed by atoms with Crippen LogP contribution in [0.1, 0.15) is 13.3 Å². The van der Waals surface area contributed by atoms with E-state index in [4.69, 9.17) is 16.3 Å². The van der Waals surface area contributed by atoms with Crippen LogP contribution in [-0.4, -0.2) is 31.8 Å². The zero-order valence-corrected chi connectivity index (χ0v) is 12.7. The van der Waals surface area contributed by atoms with Crippen molar-refractivity contribution in [1.29, 1.82) is 0 Å². The Bertz CT molecular complexity index is 397. The maximum absolute atomic E-state index is 5.97. The summed E-state index contributed by atoms with van der Waals surface area (Å²) in [5.74, 6) is 0. The Balaban J connectivity index is 1.85. The fourth-order valence-electron chi connectivity index (χ4n) is 2.13. The molecule has 2 unspecified atom stereocenters. The number of hydrogen-bond acceptors (Lipinski definition) is 3. The maximum Gasteiger partial charge on any atom is 0.0621 e. The maximum atomic E-state index is 5.97. The van der Waals surface area contributed by atoms with Crippen LogP contribution < -0.4 is 10.6 Å². The predicted octanol–water partition coefficient (Wildman–Crippen LogP) is 3.28.